The van der Waals surface area contributed by atoms with Crippen LogP contribution in [0.15, 0.2) is 47.4 Å². The van der Waals surface area contributed by atoms with Crippen LogP contribution in [-0.4, -0.2) is 46.8 Å². The van der Waals surface area contributed by atoms with Crippen LogP contribution in [0.2, 0.25) is 0 Å². The van der Waals surface area contributed by atoms with Gasteiger partial charge in [-0.3, -0.25) is 14.8 Å². The number of morpholine rings is 1. The average molecular weight is 393 g/mol. The van der Waals surface area contributed by atoms with Crippen LogP contribution in [0.5, 0.6) is 5.75 Å². The molecular weight excluding hydrogens is 374 g/mol. The molecule has 0 bridgehead atoms. The van der Waals surface area contributed by atoms with Gasteiger partial charge in [0.15, 0.2) is 0 Å². The Labute approximate surface area is 156 Å². The van der Waals surface area contributed by atoms with Gasteiger partial charge < -0.3 is 14.4 Å². The molecule has 1 fully saturated rings. The summed E-state index contributed by atoms with van der Waals surface area (Å²) in [6.45, 7) is 2.85. The fourth-order valence-corrected chi connectivity index (χ4v) is 4.01. The number of anilines is 2. The molecule has 10 heteroatoms. The van der Waals surface area contributed by atoms with Gasteiger partial charge in [0.05, 0.1) is 25.2 Å². The van der Waals surface area contributed by atoms with Crippen molar-refractivity contribution in [3.63, 3.8) is 0 Å². The number of nitro benzene ring substituents is 1. The van der Waals surface area contributed by atoms with E-state index in [2.05, 4.69) is 9.62 Å². The minimum atomic E-state index is -4.06. The van der Waals surface area contributed by atoms with Gasteiger partial charge in [-0.2, -0.15) is 0 Å². The summed E-state index contributed by atoms with van der Waals surface area (Å²) in [6, 6.07) is 10.3. The molecule has 0 spiro atoms. The molecule has 27 heavy (non-hydrogen) atoms. The van der Waals surface area contributed by atoms with Gasteiger partial charge in [0.1, 0.15) is 10.6 Å². The van der Waals surface area contributed by atoms with Gasteiger partial charge in [0.2, 0.25) is 0 Å². The van der Waals surface area contributed by atoms with Crippen LogP contribution in [0.4, 0.5) is 17.1 Å². The topological polar surface area (TPSA) is 111 Å². The second-order valence-electron chi connectivity index (χ2n) is 5.84. The van der Waals surface area contributed by atoms with Crippen molar-refractivity contribution in [3.05, 3.63) is 52.6 Å². The van der Waals surface area contributed by atoms with E-state index in [1.165, 1.54) is 19.2 Å². The normalized spacial score (nSPS) is 14.6. The molecule has 2 aromatic rings. The number of nitrogens with zero attached hydrogens (tertiary/aromatic N) is 2. The van der Waals surface area contributed by atoms with E-state index in [0.29, 0.717) is 18.9 Å². The van der Waals surface area contributed by atoms with Gasteiger partial charge in [-0.25, -0.2) is 8.42 Å². The van der Waals surface area contributed by atoms with Crippen molar-refractivity contribution in [1.82, 2.24) is 0 Å². The van der Waals surface area contributed by atoms with Crippen molar-refractivity contribution in [2.24, 2.45) is 0 Å². The number of ether oxygens (including phenoxy) is 2. The molecule has 0 aliphatic carbocycles. The number of rotatable bonds is 6. The molecule has 0 unspecified atom stereocenters. The second kappa shape index (κ2) is 7.80. The fraction of sp³-hybridized carbons (Fsp3) is 0.294. The first-order valence-electron chi connectivity index (χ1n) is 8.19. The van der Waals surface area contributed by atoms with Crippen LogP contribution < -0.4 is 14.4 Å². The fourth-order valence-electron chi connectivity index (χ4n) is 2.76. The van der Waals surface area contributed by atoms with Crippen molar-refractivity contribution in [3.8, 4) is 5.75 Å². The number of nitrogens with one attached hydrogen (secondary N) is 1. The van der Waals surface area contributed by atoms with Gasteiger partial charge in [0, 0.05) is 36.6 Å². The van der Waals surface area contributed by atoms with E-state index in [-0.39, 0.29) is 16.3 Å². The highest BCUT2D eigenvalue weighted by Crippen LogP contribution is 2.30. The maximum atomic E-state index is 12.7. The van der Waals surface area contributed by atoms with Crippen molar-refractivity contribution in [2.45, 2.75) is 4.90 Å². The Hall–Kier alpha value is -2.85. The third-order valence-electron chi connectivity index (χ3n) is 4.14. The number of methoxy groups -OCH3 is 1. The first-order chi connectivity index (χ1) is 12.9. The summed E-state index contributed by atoms with van der Waals surface area (Å²) in [4.78, 5) is 12.2. The van der Waals surface area contributed by atoms with Gasteiger partial charge in [-0.05, 0) is 30.3 Å². The number of sulfonamides is 1. The van der Waals surface area contributed by atoms with E-state index in [9.17, 15) is 18.5 Å². The molecule has 1 aliphatic heterocycles. The molecule has 9 nitrogen and oxygen atoms in total. The molecule has 3 rings (SSSR count). The van der Waals surface area contributed by atoms with Crippen molar-refractivity contribution >= 4 is 27.1 Å². The molecule has 0 saturated carbocycles. The smallest absolute Gasteiger partial charge is 0.271 e. The zero-order valence-electron chi connectivity index (χ0n) is 14.6. The minimum Gasteiger partial charge on any atom is -0.495 e. The second-order valence-corrected chi connectivity index (χ2v) is 7.49. The van der Waals surface area contributed by atoms with Crippen LogP contribution in [0, 0.1) is 10.1 Å². The predicted octanol–water partition coefficient (Wildman–Crippen LogP) is 2.24. The van der Waals surface area contributed by atoms with Crippen LogP contribution in [-0.2, 0) is 14.8 Å². The molecule has 1 heterocycles. The summed E-state index contributed by atoms with van der Waals surface area (Å²) in [5, 5.41) is 11.0. The standard InChI is InChI=1S/C17H19N3O6S/c1-25-16-7-6-15(20(21)22)12-17(16)27(23,24)18-13-2-4-14(5-3-13)19-8-10-26-11-9-19/h2-7,12,18H,8-11H2,1H3. The highest BCUT2D eigenvalue weighted by atomic mass is 32.2. The molecule has 1 aliphatic rings. The Balaban J connectivity index is 1.84. The summed E-state index contributed by atoms with van der Waals surface area (Å²) in [5.74, 6) is 0.0260. The zero-order chi connectivity index (χ0) is 19.4. The highest BCUT2D eigenvalue weighted by molar-refractivity contribution is 7.92. The van der Waals surface area contributed by atoms with Crippen LogP contribution in [0.1, 0.15) is 0 Å². The van der Waals surface area contributed by atoms with Crippen LogP contribution in [0.25, 0.3) is 0 Å². The van der Waals surface area contributed by atoms with Crippen molar-refractivity contribution < 1.29 is 22.8 Å². The maximum Gasteiger partial charge on any atom is 0.271 e. The Morgan fingerprint density at radius 1 is 1.15 bits per heavy atom. The van der Waals surface area contributed by atoms with E-state index >= 15 is 0 Å². The summed E-state index contributed by atoms with van der Waals surface area (Å²) in [5.41, 5.74) is 0.980. The predicted molar refractivity (Wildman–Crippen MR) is 99.9 cm³/mol. The monoisotopic (exact) mass is 393 g/mol. The number of hydrogen-bond acceptors (Lipinski definition) is 7. The van der Waals surface area contributed by atoms with E-state index < -0.39 is 14.9 Å². The number of nitro groups is 1. The average Bonchev–Trinajstić information content (AvgIpc) is 2.68. The number of hydrogen-bond donors (Lipinski definition) is 1. The largest absolute Gasteiger partial charge is 0.495 e. The van der Waals surface area contributed by atoms with E-state index in [1.54, 1.807) is 12.1 Å². The van der Waals surface area contributed by atoms with E-state index in [4.69, 9.17) is 9.47 Å². The molecule has 0 aromatic heterocycles. The Kier molecular flexibility index (Phi) is 5.47. The van der Waals surface area contributed by atoms with Crippen LogP contribution in [0.3, 0.4) is 0 Å². The number of benzene rings is 2. The molecule has 0 amide bonds. The Bertz CT molecular complexity index is 924. The van der Waals surface area contributed by atoms with Gasteiger partial charge in [-0.1, -0.05) is 0 Å². The van der Waals surface area contributed by atoms with E-state index in [1.807, 2.05) is 12.1 Å². The zero-order valence-corrected chi connectivity index (χ0v) is 15.4. The summed E-state index contributed by atoms with van der Waals surface area (Å²) >= 11 is 0. The van der Waals surface area contributed by atoms with Crippen LogP contribution >= 0.6 is 0 Å². The molecule has 0 radical (unpaired) electrons. The molecule has 1 saturated heterocycles. The lowest BCUT2D eigenvalue weighted by Crippen LogP contribution is -2.36. The molecule has 144 valence electrons. The van der Waals surface area contributed by atoms with Gasteiger partial charge in [-0.15, -0.1) is 0 Å². The maximum absolute atomic E-state index is 12.7. The quantitative estimate of drug-likeness (QED) is 0.592. The van der Waals surface area contributed by atoms with Gasteiger partial charge >= 0.3 is 0 Å². The highest BCUT2D eigenvalue weighted by Gasteiger charge is 2.23. The lowest BCUT2D eigenvalue weighted by molar-refractivity contribution is -0.385. The molecule has 0 atom stereocenters. The first-order valence-corrected chi connectivity index (χ1v) is 9.67. The van der Waals surface area contributed by atoms with E-state index in [0.717, 1.165) is 24.8 Å². The van der Waals surface area contributed by atoms with Gasteiger partial charge in [0.25, 0.3) is 15.7 Å². The van der Waals surface area contributed by atoms with Crippen molar-refractivity contribution in [1.29, 1.82) is 0 Å². The Morgan fingerprint density at radius 2 is 1.81 bits per heavy atom. The molecule has 2 aromatic carbocycles. The lowest BCUT2D eigenvalue weighted by Gasteiger charge is -2.28. The molecule has 1 N–H and O–H groups in total. The third-order valence-corrected chi connectivity index (χ3v) is 5.55. The van der Waals surface area contributed by atoms with Crippen molar-refractivity contribution in [2.75, 3.05) is 43.0 Å². The molecular formula is C17H19N3O6S. The summed E-state index contributed by atoms with van der Waals surface area (Å²) < 4.78 is 38.2. The SMILES string of the molecule is COc1ccc([N+](=O)[O-])cc1S(=O)(=O)Nc1ccc(N2CCOCC2)cc1. The first kappa shape index (κ1) is 18.9. The summed E-state index contributed by atoms with van der Waals surface area (Å²) in [7, 11) is -2.76. The minimum absolute atomic E-state index is 0.0260. The number of non-ortho nitro benzene ring substituents is 1. The third kappa shape index (κ3) is 4.29. The Morgan fingerprint density at radius 3 is 2.41 bits per heavy atom. The lowest BCUT2D eigenvalue weighted by atomic mass is 10.2. The summed E-state index contributed by atoms with van der Waals surface area (Å²) in [6.07, 6.45) is 0.